The van der Waals surface area contributed by atoms with E-state index in [1.165, 1.54) is 36.3 Å². The fourth-order valence-corrected chi connectivity index (χ4v) is 4.98. The molecule has 0 bridgehead atoms. The van der Waals surface area contributed by atoms with Crippen molar-refractivity contribution in [3.8, 4) is 5.88 Å². The summed E-state index contributed by atoms with van der Waals surface area (Å²) in [6, 6.07) is 24.1. The summed E-state index contributed by atoms with van der Waals surface area (Å²) >= 11 is 0. The van der Waals surface area contributed by atoms with E-state index in [1.54, 1.807) is 0 Å². The number of aliphatic imine (C=N–C) groups is 1. The molecule has 0 atom stereocenters. The molecule has 1 N–H and O–H groups in total. The number of hydrogen-bond donors (Lipinski definition) is 1. The maximum Gasteiger partial charge on any atom is 0.230 e. The smallest absolute Gasteiger partial charge is 0.230 e. The summed E-state index contributed by atoms with van der Waals surface area (Å²) < 4.78 is 1.37. The van der Waals surface area contributed by atoms with Gasteiger partial charge in [0.15, 0.2) is 0 Å². The van der Waals surface area contributed by atoms with Crippen LogP contribution in [0.4, 0.5) is 5.69 Å². The van der Waals surface area contributed by atoms with Crippen molar-refractivity contribution >= 4 is 28.2 Å². The molecular formula is C30H31N3O2. The molecule has 2 heterocycles. The van der Waals surface area contributed by atoms with Crippen molar-refractivity contribution in [3.63, 3.8) is 0 Å². The van der Waals surface area contributed by atoms with Gasteiger partial charge in [-0.05, 0) is 62.2 Å². The first-order valence-corrected chi connectivity index (χ1v) is 12.3. The van der Waals surface area contributed by atoms with Gasteiger partial charge >= 0.3 is 0 Å². The summed E-state index contributed by atoms with van der Waals surface area (Å²) in [5.74, 6) is -0.318. The van der Waals surface area contributed by atoms with Crippen molar-refractivity contribution in [2.45, 2.75) is 39.7 Å². The van der Waals surface area contributed by atoms with Crippen LogP contribution in [0.1, 0.15) is 53.2 Å². The molecule has 1 aliphatic heterocycles. The van der Waals surface area contributed by atoms with E-state index < -0.39 is 0 Å². The number of aromatic nitrogens is 1. The molecule has 1 aliphatic rings. The molecule has 5 heteroatoms. The number of piperidine rings is 1. The lowest BCUT2D eigenvalue weighted by Crippen LogP contribution is -2.28. The fourth-order valence-electron chi connectivity index (χ4n) is 4.98. The van der Waals surface area contributed by atoms with Crippen molar-refractivity contribution < 1.29 is 9.90 Å². The number of benzene rings is 3. The first-order chi connectivity index (χ1) is 17.0. The monoisotopic (exact) mass is 465 g/mol. The third-order valence-electron chi connectivity index (χ3n) is 6.73. The fraction of sp³-hybridized carbons (Fsp3) is 0.267. The Morgan fingerprint density at radius 1 is 0.943 bits per heavy atom. The molecule has 5 rings (SSSR count). The van der Waals surface area contributed by atoms with Crippen molar-refractivity contribution in [2.24, 2.45) is 4.99 Å². The van der Waals surface area contributed by atoms with Gasteiger partial charge in [-0.15, -0.1) is 0 Å². The maximum atomic E-state index is 12.5. The van der Waals surface area contributed by atoms with Crippen LogP contribution in [0.3, 0.4) is 0 Å². The van der Waals surface area contributed by atoms with E-state index in [4.69, 9.17) is 4.99 Å². The van der Waals surface area contributed by atoms with Crippen molar-refractivity contribution in [1.82, 2.24) is 9.47 Å². The molecule has 35 heavy (non-hydrogen) atoms. The number of carbonyl (C=O) groups excluding carboxylic acids is 1. The first-order valence-electron chi connectivity index (χ1n) is 12.3. The van der Waals surface area contributed by atoms with E-state index in [2.05, 4.69) is 17.0 Å². The van der Waals surface area contributed by atoms with Gasteiger partial charge in [-0.2, -0.15) is 0 Å². The Hall–Kier alpha value is -3.70. The predicted octanol–water partition coefficient (Wildman–Crippen LogP) is 6.47. The highest BCUT2D eigenvalue weighted by atomic mass is 16.3. The van der Waals surface area contributed by atoms with Gasteiger partial charge in [-0.25, -0.2) is 4.99 Å². The zero-order valence-electron chi connectivity index (χ0n) is 20.4. The number of rotatable bonds is 5. The molecule has 0 unspecified atom stereocenters. The molecule has 1 saturated heterocycles. The molecular weight excluding hydrogens is 434 g/mol. The molecule has 0 amide bonds. The molecule has 1 aromatic heterocycles. The van der Waals surface area contributed by atoms with Gasteiger partial charge in [0.1, 0.15) is 0 Å². The Labute approximate surface area is 206 Å². The summed E-state index contributed by atoms with van der Waals surface area (Å²) in [6.45, 7) is 6.73. The van der Waals surface area contributed by atoms with Crippen LogP contribution in [0, 0.1) is 6.92 Å². The second-order valence-corrected chi connectivity index (χ2v) is 9.40. The minimum atomic E-state index is -0.237. The van der Waals surface area contributed by atoms with E-state index >= 15 is 0 Å². The molecule has 0 aliphatic carbocycles. The van der Waals surface area contributed by atoms with Crippen LogP contribution in [0.15, 0.2) is 77.8 Å². The SMILES string of the molecule is CC(=O)n1c(O)c(C(=Nc2ccc(CN3CCCCC3)cc2)c2ccccc2)c2ccc(C)cc21. The average molecular weight is 466 g/mol. The number of nitrogens with zero attached hydrogens (tertiary/aromatic N) is 3. The summed E-state index contributed by atoms with van der Waals surface area (Å²) in [6.07, 6.45) is 3.89. The molecule has 3 aromatic carbocycles. The standard InChI is InChI=1S/C30H31N3O2/c1-21-11-16-26-27(19-21)33(22(2)34)30(35)28(26)29(24-9-5-3-6-10-24)31-25-14-12-23(13-15-25)20-32-17-7-4-8-18-32/h3,5-6,9-16,19,35H,4,7-8,17-18,20H2,1-2H3. The predicted molar refractivity (Wildman–Crippen MR) is 142 cm³/mol. The zero-order chi connectivity index (χ0) is 24.4. The lowest BCUT2D eigenvalue weighted by molar-refractivity contribution is 0.0933. The summed E-state index contributed by atoms with van der Waals surface area (Å²) in [5, 5.41) is 12.1. The number of carbonyl (C=O) groups is 1. The highest BCUT2D eigenvalue weighted by molar-refractivity contribution is 6.23. The van der Waals surface area contributed by atoms with Gasteiger partial charge in [0.25, 0.3) is 0 Å². The van der Waals surface area contributed by atoms with Gasteiger partial charge in [-0.1, -0.05) is 61.0 Å². The maximum absolute atomic E-state index is 12.5. The second-order valence-electron chi connectivity index (χ2n) is 9.40. The third-order valence-corrected chi connectivity index (χ3v) is 6.73. The molecule has 0 radical (unpaired) electrons. The molecule has 4 aromatic rings. The van der Waals surface area contributed by atoms with Crippen LogP contribution >= 0.6 is 0 Å². The van der Waals surface area contributed by atoms with Crippen LogP contribution in [0.5, 0.6) is 5.88 Å². The van der Waals surface area contributed by atoms with E-state index in [9.17, 15) is 9.90 Å². The van der Waals surface area contributed by atoms with Crippen LogP contribution < -0.4 is 0 Å². The van der Waals surface area contributed by atoms with E-state index in [0.29, 0.717) is 16.8 Å². The number of hydrogen-bond acceptors (Lipinski definition) is 4. The zero-order valence-corrected chi connectivity index (χ0v) is 20.4. The molecule has 178 valence electrons. The second kappa shape index (κ2) is 9.88. The van der Waals surface area contributed by atoms with Gasteiger partial charge in [0, 0.05) is 24.4 Å². The summed E-state index contributed by atoms with van der Waals surface area (Å²) in [4.78, 5) is 20.0. The minimum Gasteiger partial charge on any atom is -0.494 e. The Kier molecular flexibility index (Phi) is 6.51. The Bertz CT molecular complexity index is 1380. The van der Waals surface area contributed by atoms with Crippen molar-refractivity contribution in [2.75, 3.05) is 13.1 Å². The number of aryl methyl sites for hydroxylation is 1. The summed E-state index contributed by atoms with van der Waals surface area (Å²) in [7, 11) is 0. The van der Waals surface area contributed by atoms with Crippen molar-refractivity contribution in [1.29, 1.82) is 0 Å². The van der Waals surface area contributed by atoms with Crippen LogP contribution in [0.2, 0.25) is 0 Å². The van der Waals surface area contributed by atoms with E-state index in [-0.39, 0.29) is 11.8 Å². The van der Waals surface area contributed by atoms with Gasteiger partial charge in [-0.3, -0.25) is 14.3 Å². The van der Waals surface area contributed by atoms with Gasteiger partial charge < -0.3 is 5.11 Å². The first kappa shape index (κ1) is 23.1. The van der Waals surface area contributed by atoms with Crippen LogP contribution in [-0.2, 0) is 6.54 Å². The molecule has 1 fully saturated rings. The Morgan fingerprint density at radius 2 is 1.66 bits per heavy atom. The largest absolute Gasteiger partial charge is 0.494 e. The van der Waals surface area contributed by atoms with Crippen LogP contribution in [-0.4, -0.2) is 39.3 Å². The highest BCUT2D eigenvalue weighted by Gasteiger charge is 2.24. The molecule has 0 spiro atoms. The lowest BCUT2D eigenvalue weighted by Gasteiger charge is -2.26. The number of likely N-dealkylation sites (tertiary alicyclic amines) is 1. The number of aromatic hydroxyl groups is 1. The van der Waals surface area contributed by atoms with E-state index in [1.807, 2.05) is 67.6 Å². The normalized spacial score (nSPS) is 15.0. The number of fused-ring (bicyclic) bond motifs is 1. The average Bonchev–Trinajstić information content (AvgIpc) is 3.15. The van der Waals surface area contributed by atoms with Crippen LogP contribution in [0.25, 0.3) is 10.9 Å². The quantitative estimate of drug-likeness (QED) is 0.344. The third kappa shape index (κ3) is 4.77. The minimum absolute atomic E-state index is 0.0811. The molecule has 0 saturated carbocycles. The summed E-state index contributed by atoms with van der Waals surface area (Å²) in [5.41, 5.74) is 5.88. The Morgan fingerprint density at radius 3 is 2.34 bits per heavy atom. The van der Waals surface area contributed by atoms with Gasteiger partial charge in [0.05, 0.1) is 22.5 Å². The van der Waals surface area contributed by atoms with Gasteiger partial charge in [0.2, 0.25) is 11.8 Å². The topological polar surface area (TPSA) is 57.8 Å². The van der Waals surface area contributed by atoms with Crippen molar-refractivity contribution in [3.05, 3.63) is 95.1 Å². The highest BCUT2D eigenvalue weighted by Crippen LogP contribution is 2.35. The van der Waals surface area contributed by atoms with E-state index in [0.717, 1.165) is 41.8 Å². The lowest BCUT2D eigenvalue weighted by atomic mass is 10.00. The Balaban J connectivity index is 1.60. The molecule has 5 nitrogen and oxygen atoms in total.